The summed E-state index contributed by atoms with van der Waals surface area (Å²) in [7, 11) is 3.52. The van der Waals surface area contributed by atoms with Crippen LogP contribution in [0.5, 0.6) is 0 Å². The van der Waals surface area contributed by atoms with Crippen molar-refractivity contribution < 1.29 is 9.59 Å². The molecule has 2 N–H and O–H groups in total. The van der Waals surface area contributed by atoms with Gasteiger partial charge in [0.05, 0.1) is 10.7 Å². The molecular formula is C15H20ClN3O2. The average Bonchev–Trinajstić information content (AvgIpc) is 2.48. The number of hydrogen-bond donors (Lipinski definition) is 1. The summed E-state index contributed by atoms with van der Waals surface area (Å²) in [6, 6.07) is 4.91. The highest BCUT2D eigenvalue weighted by atomic mass is 35.5. The van der Waals surface area contributed by atoms with Gasteiger partial charge in [-0.25, -0.2) is 0 Å². The molecule has 0 spiro atoms. The molecule has 0 aliphatic carbocycles. The van der Waals surface area contributed by atoms with E-state index >= 15 is 0 Å². The second-order valence-electron chi connectivity index (χ2n) is 5.54. The molecule has 0 bridgehead atoms. The summed E-state index contributed by atoms with van der Waals surface area (Å²) in [4.78, 5) is 27.7. The fraction of sp³-hybridized carbons (Fsp3) is 0.467. The lowest BCUT2D eigenvalue weighted by Crippen LogP contribution is -2.42. The third-order valence-corrected chi connectivity index (χ3v) is 4.16. The van der Waals surface area contributed by atoms with Crippen LogP contribution in [0.4, 0.5) is 5.69 Å². The van der Waals surface area contributed by atoms with Crippen LogP contribution in [0, 0.1) is 5.92 Å². The molecule has 2 amide bonds. The van der Waals surface area contributed by atoms with Gasteiger partial charge >= 0.3 is 0 Å². The van der Waals surface area contributed by atoms with Crippen molar-refractivity contribution >= 4 is 29.1 Å². The highest BCUT2D eigenvalue weighted by Gasteiger charge is 2.28. The van der Waals surface area contributed by atoms with Gasteiger partial charge in [-0.1, -0.05) is 11.6 Å². The number of carbonyl (C=O) groups excluding carboxylic acids is 2. The summed E-state index contributed by atoms with van der Waals surface area (Å²) in [6.07, 6.45) is 1.40. The van der Waals surface area contributed by atoms with E-state index in [9.17, 15) is 9.59 Å². The van der Waals surface area contributed by atoms with Gasteiger partial charge in [0.1, 0.15) is 0 Å². The molecule has 21 heavy (non-hydrogen) atoms. The number of rotatable bonds is 2. The minimum Gasteiger partial charge on any atom is -0.398 e. The number of piperidine rings is 1. The zero-order valence-electron chi connectivity index (χ0n) is 12.3. The lowest BCUT2D eigenvalue weighted by molar-refractivity contribution is -0.134. The van der Waals surface area contributed by atoms with E-state index in [-0.39, 0.29) is 17.7 Å². The number of nitrogens with zero attached hydrogens (tertiary/aromatic N) is 2. The fourth-order valence-corrected chi connectivity index (χ4v) is 2.67. The van der Waals surface area contributed by atoms with E-state index in [1.807, 2.05) is 0 Å². The maximum atomic E-state index is 12.4. The molecule has 1 fully saturated rings. The molecular weight excluding hydrogens is 290 g/mol. The Bertz CT molecular complexity index is 552. The summed E-state index contributed by atoms with van der Waals surface area (Å²) in [5.41, 5.74) is 6.67. The predicted molar refractivity (Wildman–Crippen MR) is 83.2 cm³/mol. The van der Waals surface area contributed by atoms with Crippen molar-refractivity contribution in [1.82, 2.24) is 9.80 Å². The van der Waals surface area contributed by atoms with E-state index in [2.05, 4.69) is 0 Å². The first kappa shape index (κ1) is 15.6. The lowest BCUT2D eigenvalue weighted by Gasteiger charge is -2.32. The Morgan fingerprint density at radius 3 is 2.43 bits per heavy atom. The Morgan fingerprint density at radius 2 is 1.90 bits per heavy atom. The van der Waals surface area contributed by atoms with Crippen LogP contribution in [0.3, 0.4) is 0 Å². The normalized spacial score (nSPS) is 15.9. The Kier molecular flexibility index (Phi) is 4.73. The van der Waals surface area contributed by atoms with Crippen molar-refractivity contribution in [1.29, 1.82) is 0 Å². The van der Waals surface area contributed by atoms with Crippen LogP contribution >= 0.6 is 11.6 Å². The van der Waals surface area contributed by atoms with E-state index in [1.54, 1.807) is 42.1 Å². The number of anilines is 1. The molecule has 0 radical (unpaired) electrons. The minimum absolute atomic E-state index is 0.0133. The first-order valence-corrected chi connectivity index (χ1v) is 7.33. The van der Waals surface area contributed by atoms with Gasteiger partial charge < -0.3 is 15.5 Å². The zero-order chi connectivity index (χ0) is 15.6. The Morgan fingerprint density at radius 1 is 1.29 bits per heavy atom. The second kappa shape index (κ2) is 6.35. The summed E-state index contributed by atoms with van der Waals surface area (Å²) >= 11 is 5.86. The molecule has 1 aromatic rings. The van der Waals surface area contributed by atoms with Gasteiger partial charge in [0, 0.05) is 38.7 Å². The van der Waals surface area contributed by atoms with Crippen molar-refractivity contribution in [2.24, 2.45) is 5.92 Å². The number of likely N-dealkylation sites (tertiary alicyclic amines) is 1. The van der Waals surface area contributed by atoms with E-state index in [4.69, 9.17) is 17.3 Å². The number of halogens is 1. The van der Waals surface area contributed by atoms with Crippen LogP contribution < -0.4 is 5.73 Å². The monoisotopic (exact) mass is 309 g/mol. The zero-order valence-corrected chi connectivity index (χ0v) is 13.1. The molecule has 2 rings (SSSR count). The lowest BCUT2D eigenvalue weighted by atomic mass is 9.95. The van der Waals surface area contributed by atoms with Crippen LogP contribution in [0.2, 0.25) is 5.02 Å². The van der Waals surface area contributed by atoms with Gasteiger partial charge in [0.25, 0.3) is 5.91 Å². The minimum atomic E-state index is -0.0610. The summed E-state index contributed by atoms with van der Waals surface area (Å²) in [5.74, 6) is 0.0892. The number of nitrogen functional groups attached to an aromatic ring is 1. The van der Waals surface area contributed by atoms with Crippen molar-refractivity contribution in [2.45, 2.75) is 12.8 Å². The Hall–Kier alpha value is -1.75. The predicted octanol–water partition coefficient (Wildman–Crippen LogP) is 1.86. The molecule has 1 aliphatic rings. The molecule has 0 unspecified atom stereocenters. The van der Waals surface area contributed by atoms with Crippen LogP contribution in [-0.2, 0) is 4.79 Å². The van der Waals surface area contributed by atoms with Crippen molar-refractivity contribution in [3.63, 3.8) is 0 Å². The number of carbonyl (C=O) groups is 2. The van der Waals surface area contributed by atoms with Crippen LogP contribution in [0.15, 0.2) is 18.2 Å². The number of hydrogen-bond acceptors (Lipinski definition) is 3. The Labute approximate surface area is 129 Å². The number of amides is 2. The fourth-order valence-electron chi connectivity index (χ4n) is 2.55. The van der Waals surface area contributed by atoms with E-state index in [0.29, 0.717) is 42.2 Å². The van der Waals surface area contributed by atoms with Crippen LogP contribution in [0.25, 0.3) is 0 Å². The maximum absolute atomic E-state index is 12.4. The van der Waals surface area contributed by atoms with Gasteiger partial charge in [0.2, 0.25) is 5.91 Å². The average molecular weight is 310 g/mol. The summed E-state index contributed by atoms with van der Waals surface area (Å²) in [5, 5.41) is 0.446. The molecule has 5 nitrogen and oxygen atoms in total. The van der Waals surface area contributed by atoms with Crippen LogP contribution in [-0.4, -0.2) is 48.8 Å². The maximum Gasteiger partial charge on any atom is 0.253 e. The third kappa shape index (κ3) is 3.47. The van der Waals surface area contributed by atoms with Gasteiger partial charge in [-0.3, -0.25) is 9.59 Å². The SMILES string of the molecule is CN(C)C(=O)C1CCN(C(=O)c2ccc(Cl)c(N)c2)CC1. The van der Waals surface area contributed by atoms with Crippen molar-refractivity contribution in [2.75, 3.05) is 32.9 Å². The summed E-state index contributed by atoms with van der Waals surface area (Å²) in [6.45, 7) is 1.18. The molecule has 114 valence electrons. The smallest absolute Gasteiger partial charge is 0.253 e. The van der Waals surface area contributed by atoms with Gasteiger partial charge in [-0.15, -0.1) is 0 Å². The molecule has 1 saturated heterocycles. The molecule has 0 aromatic heterocycles. The van der Waals surface area contributed by atoms with E-state index in [0.717, 1.165) is 0 Å². The largest absolute Gasteiger partial charge is 0.398 e. The summed E-state index contributed by atoms with van der Waals surface area (Å²) < 4.78 is 0. The number of benzene rings is 1. The molecule has 1 heterocycles. The standard InChI is InChI=1S/C15H20ClN3O2/c1-18(2)14(20)10-5-7-19(8-6-10)15(21)11-3-4-12(16)13(17)9-11/h3-4,9-10H,5-8,17H2,1-2H3. The molecule has 0 saturated carbocycles. The first-order valence-electron chi connectivity index (χ1n) is 6.95. The van der Waals surface area contributed by atoms with Crippen LogP contribution in [0.1, 0.15) is 23.2 Å². The van der Waals surface area contributed by atoms with E-state index in [1.165, 1.54) is 0 Å². The van der Waals surface area contributed by atoms with Gasteiger partial charge in [-0.05, 0) is 31.0 Å². The molecule has 1 aliphatic heterocycles. The van der Waals surface area contributed by atoms with Gasteiger partial charge in [0.15, 0.2) is 0 Å². The molecule has 1 aromatic carbocycles. The van der Waals surface area contributed by atoms with Gasteiger partial charge in [-0.2, -0.15) is 0 Å². The molecule has 0 atom stereocenters. The topological polar surface area (TPSA) is 66.6 Å². The molecule has 6 heteroatoms. The Balaban J connectivity index is 2.00. The van der Waals surface area contributed by atoms with E-state index < -0.39 is 0 Å². The van der Waals surface area contributed by atoms with Crippen molar-refractivity contribution in [3.05, 3.63) is 28.8 Å². The quantitative estimate of drug-likeness (QED) is 0.848. The first-order chi connectivity index (χ1) is 9.90. The number of nitrogens with two attached hydrogens (primary N) is 1. The highest BCUT2D eigenvalue weighted by Crippen LogP contribution is 2.23. The third-order valence-electron chi connectivity index (χ3n) is 3.82. The van der Waals surface area contributed by atoms with Crippen molar-refractivity contribution in [3.8, 4) is 0 Å². The second-order valence-corrected chi connectivity index (χ2v) is 5.94. The highest BCUT2D eigenvalue weighted by molar-refractivity contribution is 6.33.